The molecule has 4 heteroatoms. The summed E-state index contributed by atoms with van der Waals surface area (Å²) in [5, 5.41) is 3.07. The maximum atomic E-state index is 12.5. The second-order valence-electron chi connectivity index (χ2n) is 6.26. The van der Waals surface area contributed by atoms with Crippen LogP contribution in [0.3, 0.4) is 0 Å². The van der Waals surface area contributed by atoms with Crippen LogP contribution in [0.5, 0.6) is 0 Å². The molecular weight excluding hydrogens is 250 g/mol. The minimum atomic E-state index is 0.0405. The van der Waals surface area contributed by atoms with Crippen molar-refractivity contribution in [2.24, 2.45) is 0 Å². The Kier molecular flexibility index (Phi) is 3.52. The van der Waals surface area contributed by atoms with Gasteiger partial charge in [0.1, 0.15) is 0 Å². The van der Waals surface area contributed by atoms with E-state index in [0.717, 1.165) is 49.4 Å². The first kappa shape index (κ1) is 13.6. The average Bonchev–Trinajstić information content (AvgIpc) is 2.50. The third kappa shape index (κ3) is 2.45. The molecule has 1 N–H and O–H groups in total. The van der Waals surface area contributed by atoms with Gasteiger partial charge in [0.25, 0.3) is 5.91 Å². The molecule has 3 fully saturated rings. The lowest BCUT2D eigenvalue weighted by Crippen LogP contribution is -2.72. The number of anilines is 1. The quantitative estimate of drug-likeness (QED) is 0.847. The lowest BCUT2D eigenvalue weighted by Gasteiger charge is -2.52. The van der Waals surface area contributed by atoms with Crippen molar-refractivity contribution < 1.29 is 9.28 Å². The lowest BCUT2D eigenvalue weighted by molar-refractivity contribution is -0.953. The van der Waals surface area contributed by atoms with Crippen LogP contribution in [0.4, 0.5) is 5.69 Å². The normalized spacial score (nSPS) is 30.0. The highest BCUT2D eigenvalue weighted by Gasteiger charge is 2.45. The third-order valence-corrected chi connectivity index (χ3v) is 5.10. The zero-order valence-electron chi connectivity index (χ0n) is 12.4. The zero-order valence-corrected chi connectivity index (χ0v) is 12.4. The van der Waals surface area contributed by atoms with E-state index in [1.54, 1.807) is 0 Å². The van der Waals surface area contributed by atoms with Crippen molar-refractivity contribution in [3.05, 3.63) is 29.8 Å². The van der Waals surface area contributed by atoms with Crippen molar-refractivity contribution in [2.75, 3.05) is 44.6 Å². The van der Waals surface area contributed by atoms with Gasteiger partial charge >= 0.3 is 0 Å². The minimum Gasteiger partial charge on any atom is -0.321 e. The van der Waals surface area contributed by atoms with Gasteiger partial charge in [-0.25, -0.2) is 0 Å². The maximum Gasteiger partial charge on any atom is 0.282 e. The van der Waals surface area contributed by atoms with Crippen LogP contribution in [0, 0.1) is 6.92 Å². The van der Waals surface area contributed by atoms with Crippen LogP contribution >= 0.6 is 0 Å². The summed E-state index contributed by atoms with van der Waals surface area (Å²) < 4.78 is 0.966. The molecule has 3 heterocycles. The smallest absolute Gasteiger partial charge is 0.282 e. The monoisotopic (exact) mass is 274 g/mol. The van der Waals surface area contributed by atoms with Crippen molar-refractivity contribution in [1.29, 1.82) is 0 Å². The Balaban J connectivity index is 1.68. The number of rotatable bonds is 3. The predicted molar refractivity (Wildman–Crippen MR) is 80.6 cm³/mol. The van der Waals surface area contributed by atoms with Crippen LogP contribution in [-0.2, 0) is 4.79 Å². The summed E-state index contributed by atoms with van der Waals surface area (Å²) in [4.78, 5) is 15.0. The summed E-state index contributed by atoms with van der Waals surface area (Å²) in [6.45, 7) is 10.9. The fraction of sp³-hybridized carbons (Fsp3) is 0.562. The fourth-order valence-electron chi connectivity index (χ4n) is 3.41. The van der Waals surface area contributed by atoms with Gasteiger partial charge in [0.15, 0.2) is 6.04 Å². The van der Waals surface area contributed by atoms with Crippen LogP contribution in [-0.4, -0.2) is 60.6 Å². The van der Waals surface area contributed by atoms with Crippen molar-refractivity contribution in [3.8, 4) is 0 Å². The first-order valence-electron chi connectivity index (χ1n) is 7.55. The first-order valence-corrected chi connectivity index (χ1v) is 7.55. The zero-order chi connectivity index (χ0) is 14.2. The molecule has 1 aromatic rings. The molecule has 3 aliphatic rings. The second-order valence-corrected chi connectivity index (χ2v) is 6.26. The summed E-state index contributed by atoms with van der Waals surface area (Å²) in [7, 11) is 0. The lowest BCUT2D eigenvalue weighted by atomic mass is 10.1. The van der Waals surface area contributed by atoms with Crippen molar-refractivity contribution >= 4 is 11.6 Å². The highest BCUT2D eigenvalue weighted by Crippen LogP contribution is 2.24. The maximum absolute atomic E-state index is 12.5. The van der Waals surface area contributed by atoms with Crippen LogP contribution < -0.4 is 5.32 Å². The summed E-state index contributed by atoms with van der Waals surface area (Å²) in [5.41, 5.74) is 2.12. The predicted octanol–water partition coefficient (Wildman–Crippen LogP) is 1.47. The molecule has 4 nitrogen and oxygen atoms in total. The van der Waals surface area contributed by atoms with Crippen LogP contribution in [0.2, 0.25) is 0 Å². The van der Waals surface area contributed by atoms with Gasteiger partial charge in [-0.1, -0.05) is 17.7 Å². The number of quaternary nitrogens is 1. The Bertz CT molecular complexity index is 475. The largest absolute Gasteiger partial charge is 0.321 e. The molecule has 0 aliphatic carbocycles. The number of nitrogens with one attached hydrogen (secondary N) is 1. The average molecular weight is 274 g/mol. The van der Waals surface area contributed by atoms with Gasteiger partial charge in [-0.05, 0) is 26.0 Å². The van der Waals surface area contributed by atoms with Crippen LogP contribution in [0.25, 0.3) is 0 Å². The Labute approximate surface area is 121 Å². The van der Waals surface area contributed by atoms with E-state index in [1.807, 2.05) is 24.3 Å². The van der Waals surface area contributed by atoms with Crippen molar-refractivity contribution in [2.45, 2.75) is 19.9 Å². The molecule has 108 valence electrons. The van der Waals surface area contributed by atoms with E-state index in [1.165, 1.54) is 5.56 Å². The Morgan fingerprint density at radius 1 is 1.15 bits per heavy atom. The number of aryl methyl sites for hydroxylation is 1. The number of fused-ring (bicyclic) bond motifs is 3. The van der Waals surface area contributed by atoms with E-state index in [4.69, 9.17) is 0 Å². The number of hydrogen-bond donors (Lipinski definition) is 1. The molecule has 0 radical (unpaired) electrons. The van der Waals surface area contributed by atoms with Gasteiger partial charge < -0.3 is 9.80 Å². The van der Waals surface area contributed by atoms with Gasteiger partial charge in [0.2, 0.25) is 0 Å². The summed E-state index contributed by atoms with van der Waals surface area (Å²) in [6, 6.07) is 8.07. The summed E-state index contributed by atoms with van der Waals surface area (Å²) in [6.07, 6.45) is 0. The van der Waals surface area contributed by atoms with Gasteiger partial charge in [0.05, 0.1) is 19.6 Å². The molecule has 2 bridgehead atoms. The fourth-order valence-corrected chi connectivity index (χ4v) is 3.41. The first-order chi connectivity index (χ1) is 9.59. The molecular formula is C16H24N3O+. The van der Waals surface area contributed by atoms with E-state index in [0.29, 0.717) is 0 Å². The number of hydrogen-bond acceptors (Lipinski definition) is 2. The van der Waals surface area contributed by atoms with Gasteiger partial charge in [-0.2, -0.15) is 0 Å². The van der Waals surface area contributed by atoms with E-state index in [-0.39, 0.29) is 11.9 Å². The molecule has 1 atom stereocenters. The van der Waals surface area contributed by atoms with Gasteiger partial charge in [0, 0.05) is 25.3 Å². The molecule has 1 amide bonds. The Hall–Kier alpha value is -1.39. The molecule has 3 aliphatic heterocycles. The highest BCUT2D eigenvalue weighted by molar-refractivity contribution is 5.93. The van der Waals surface area contributed by atoms with E-state index < -0.39 is 0 Å². The third-order valence-electron chi connectivity index (χ3n) is 5.10. The van der Waals surface area contributed by atoms with Crippen LogP contribution in [0.1, 0.15) is 12.5 Å². The van der Waals surface area contributed by atoms with E-state index in [2.05, 4.69) is 24.1 Å². The summed E-state index contributed by atoms with van der Waals surface area (Å²) in [5.74, 6) is 0.157. The SMILES string of the molecule is Cc1ccc(NC(=O)[C@@H](C)[N+]23CCN(CC2)CC3)cc1. The topological polar surface area (TPSA) is 32.3 Å². The standard InChI is InChI=1S/C16H23N3O/c1-13-3-5-15(6-4-13)17-16(20)14(2)19-10-7-18(8-11-19)9-12-19/h3-6,14H,7-12H2,1-2H3/p+1/t14-/m1/s1. The van der Waals surface area contributed by atoms with Gasteiger partial charge in [-0.3, -0.25) is 9.69 Å². The number of carbonyl (C=O) groups excluding carboxylic acids is 1. The molecule has 20 heavy (non-hydrogen) atoms. The van der Waals surface area contributed by atoms with E-state index >= 15 is 0 Å². The Morgan fingerprint density at radius 2 is 1.70 bits per heavy atom. The number of amides is 1. The van der Waals surface area contributed by atoms with Crippen molar-refractivity contribution in [3.63, 3.8) is 0 Å². The van der Waals surface area contributed by atoms with Gasteiger partial charge in [-0.15, -0.1) is 0 Å². The molecule has 0 spiro atoms. The Morgan fingerprint density at radius 3 is 2.25 bits per heavy atom. The van der Waals surface area contributed by atoms with Crippen LogP contribution in [0.15, 0.2) is 24.3 Å². The molecule has 4 rings (SSSR count). The molecule has 0 unspecified atom stereocenters. The minimum absolute atomic E-state index is 0.0405. The number of nitrogens with zero attached hydrogens (tertiary/aromatic N) is 2. The number of benzene rings is 1. The highest BCUT2D eigenvalue weighted by atomic mass is 16.2. The van der Waals surface area contributed by atoms with E-state index in [9.17, 15) is 4.79 Å². The molecule has 3 saturated heterocycles. The number of carbonyl (C=O) groups is 1. The summed E-state index contributed by atoms with van der Waals surface area (Å²) >= 11 is 0. The second kappa shape index (κ2) is 5.19. The molecule has 0 saturated carbocycles. The number of piperazine rings is 3. The molecule has 1 aromatic carbocycles. The van der Waals surface area contributed by atoms with Crippen molar-refractivity contribution in [1.82, 2.24) is 4.90 Å². The molecule has 0 aromatic heterocycles.